The molecule has 0 spiro atoms. The second kappa shape index (κ2) is 5.98. The molecule has 0 radical (unpaired) electrons. The van der Waals surface area contributed by atoms with Gasteiger partial charge in [-0.15, -0.1) is 5.06 Å². The molecule has 19 heavy (non-hydrogen) atoms. The number of ether oxygens (including phenoxy) is 5. The Labute approximate surface area is 113 Å². The van der Waals surface area contributed by atoms with Crippen LogP contribution in [-0.4, -0.2) is 76.9 Å². The summed E-state index contributed by atoms with van der Waals surface area (Å²) < 4.78 is 26.8. The average Bonchev–Trinajstić information content (AvgIpc) is 2.46. The Morgan fingerprint density at radius 1 is 0.842 bits per heavy atom. The third-order valence-corrected chi connectivity index (χ3v) is 3.60. The Morgan fingerprint density at radius 3 is 1.68 bits per heavy atom. The van der Waals surface area contributed by atoms with E-state index in [9.17, 15) is 5.11 Å². The molecule has 0 aromatic rings. The number of rotatable bonds is 6. The van der Waals surface area contributed by atoms with Crippen LogP contribution in [0.4, 0.5) is 0 Å². The van der Waals surface area contributed by atoms with Crippen LogP contribution in [0.1, 0.15) is 6.42 Å². The van der Waals surface area contributed by atoms with Crippen molar-refractivity contribution in [3.05, 3.63) is 0 Å². The Morgan fingerprint density at radius 2 is 1.37 bits per heavy atom. The van der Waals surface area contributed by atoms with Crippen molar-refractivity contribution in [3.8, 4) is 0 Å². The summed E-state index contributed by atoms with van der Waals surface area (Å²) >= 11 is 0. The minimum atomic E-state index is -1.77. The van der Waals surface area contributed by atoms with Crippen LogP contribution in [0.2, 0.25) is 0 Å². The van der Waals surface area contributed by atoms with Crippen LogP contribution in [0, 0.1) is 0 Å². The van der Waals surface area contributed by atoms with Crippen molar-refractivity contribution >= 4 is 0 Å². The fourth-order valence-electron chi connectivity index (χ4n) is 2.64. The molecule has 8 nitrogen and oxygen atoms in total. The van der Waals surface area contributed by atoms with Crippen molar-refractivity contribution in [2.24, 2.45) is 0 Å². The summed E-state index contributed by atoms with van der Waals surface area (Å²) in [7, 11) is 8.32. The maximum absolute atomic E-state index is 10.7. The molecule has 1 atom stereocenters. The Hall–Kier alpha value is -0.320. The lowest BCUT2D eigenvalue weighted by Gasteiger charge is -2.58. The standard InChI is InChI=1S/C11H23NO7/c1-14-9(13)7-8-12(19-6)11(17-4,18-5)10(9,15-2)16-3/h13H,7-8H2,1-6H3. The largest absolute Gasteiger partial charge is 0.361 e. The molecule has 0 aromatic carbocycles. The van der Waals surface area contributed by atoms with Gasteiger partial charge in [0.25, 0.3) is 5.79 Å². The molecule has 1 fully saturated rings. The molecule has 1 rings (SSSR count). The first-order valence-corrected chi connectivity index (χ1v) is 5.77. The molecule has 1 N–H and O–H groups in total. The number of piperidine rings is 1. The van der Waals surface area contributed by atoms with Gasteiger partial charge in [0.05, 0.1) is 7.11 Å². The first-order valence-electron chi connectivity index (χ1n) is 5.77. The monoisotopic (exact) mass is 281 g/mol. The summed E-state index contributed by atoms with van der Waals surface area (Å²) in [5, 5.41) is 12.1. The minimum Gasteiger partial charge on any atom is -0.361 e. The maximum atomic E-state index is 10.7. The molecule has 1 aliphatic rings. The predicted molar refractivity (Wildman–Crippen MR) is 63.8 cm³/mol. The second-order valence-electron chi connectivity index (χ2n) is 4.04. The molecule has 1 saturated heterocycles. The first kappa shape index (κ1) is 16.7. The van der Waals surface area contributed by atoms with Crippen LogP contribution in [-0.2, 0) is 28.5 Å². The van der Waals surface area contributed by atoms with E-state index in [0.717, 1.165) is 0 Å². The Bertz CT molecular complexity index is 293. The van der Waals surface area contributed by atoms with Gasteiger partial charge in [0, 0.05) is 48.5 Å². The van der Waals surface area contributed by atoms with Crippen LogP contribution >= 0.6 is 0 Å². The third-order valence-electron chi connectivity index (χ3n) is 3.60. The lowest BCUT2D eigenvalue weighted by Crippen LogP contribution is -2.80. The van der Waals surface area contributed by atoms with Gasteiger partial charge in [0.15, 0.2) is 0 Å². The highest BCUT2D eigenvalue weighted by Crippen LogP contribution is 2.47. The molecule has 1 unspecified atom stereocenters. The molecular formula is C11H23NO7. The molecule has 8 heteroatoms. The smallest absolute Gasteiger partial charge is 0.314 e. The van der Waals surface area contributed by atoms with Crippen LogP contribution < -0.4 is 0 Å². The molecule has 0 saturated carbocycles. The van der Waals surface area contributed by atoms with E-state index < -0.39 is 17.5 Å². The number of hydrogen-bond donors (Lipinski definition) is 1. The van der Waals surface area contributed by atoms with E-state index in [-0.39, 0.29) is 13.0 Å². The van der Waals surface area contributed by atoms with Crippen LogP contribution in [0.5, 0.6) is 0 Å². The quantitative estimate of drug-likeness (QED) is 0.654. The fraction of sp³-hybridized carbons (Fsp3) is 1.00. The zero-order valence-electron chi connectivity index (χ0n) is 12.3. The number of hydroxylamine groups is 2. The van der Waals surface area contributed by atoms with E-state index in [1.165, 1.54) is 47.7 Å². The lowest BCUT2D eigenvalue weighted by molar-refractivity contribution is -0.553. The van der Waals surface area contributed by atoms with Gasteiger partial charge >= 0.3 is 5.91 Å². The van der Waals surface area contributed by atoms with Gasteiger partial charge in [-0.3, -0.25) is 4.84 Å². The lowest BCUT2D eigenvalue weighted by atomic mass is 9.92. The summed E-state index contributed by atoms with van der Waals surface area (Å²) in [6.45, 7) is 0.289. The number of nitrogens with zero attached hydrogens (tertiary/aromatic N) is 1. The maximum Gasteiger partial charge on any atom is 0.314 e. The van der Waals surface area contributed by atoms with Crippen molar-refractivity contribution < 1.29 is 33.6 Å². The van der Waals surface area contributed by atoms with Gasteiger partial charge in [-0.05, 0) is 0 Å². The van der Waals surface area contributed by atoms with E-state index >= 15 is 0 Å². The SMILES string of the molecule is CON1CCC(O)(OC)C(OC)(OC)C1(OC)OC. The molecule has 0 aromatic heterocycles. The topological polar surface area (TPSA) is 78.9 Å². The highest BCUT2D eigenvalue weighted by atomic mass is 16.9. The van der Waals surface area contributed by atoms with Crippen molar-refractivity contribution in [2.75, 3.05) is 49.2 Å². The van der Waals surface area contributed by atoms with Gasteiger partial charge in [0.2, 0.25) is 5.79 Å². The van der Waals surface area contributed by atoms with Crippen LogP contribution in [0.3, 0.4) is 0 Å². The highest BCUT2D eigenvalue weighted by molar-refractivity contribution is 5.02. The number of aliphatic hydroxyl groups is 1. The van der Waals surface area contributed by atoms with E-state index in [4.69, 9.17) is 28.5 Å². The van der Waals surface area contributed by atoms with E-state index in [2.05, 4.69) is 0 Å². The number of hydrogen-bond acceptors (Lipinski definition) is 8. The van der Waals surface area contributed by atoms with Gasteiger partial charge in [-0.2, -0.15) is 0 Å². The summed E-state index contributed by atoms with van der Waals surface area (Å²) in [5.74, 6) is -5.15. The Kier molecular flexibility index (Phi) is 5.27. The summed E-state index contributed by atoms with van der Waals surface area (Å²) in [4.78, 5) is 5.24. The van der Waals surface area contributed by atoms with Crippen molar-refractivity contribution in [2.45, 2.75) is 23.9 Å². The molecule has 1 heterocycles. The molecule has 1 aliphatic heterocycles. The van der Waals surface area contributed by atoms with E-state index in [1.807, 2.05) is 0 Å². The summed E-state index contributed by atoms with van der Waals surface area (Å²) in [5.41, 5.74) is 0. The third kappa shape index (κ3) is 1.99. The average molecular weight is 281 g/mol. The minimum absolute atomic E-state index is 0.174. The van der Waals surface area contributed by atoms with Gasteiger partial charge in [0.1, 0.15) is 0 Å². The molecule has 0 amide bonds. The van der Waals surface area contributed by atoms with E-state index in [1.54, 1.807) is 0 Å². The zero-order chi connectivity index (χ0) is 14.7. The molecule has 0 aliphatic carbocycles. The normalized spacial score (nSPS) is 30.5. The second-order valence-corrected chi connectivity index (χ2v) is 4.04. The van der Waals surface area contributed by atoms with Crippen LogP contribution in [0.15, 0.2) is 0 Å². The van der Waals surface area contributed by atoms with E-state index in [0.29, 0.717) is 0 Å². The van der Waals surface area contributed by atoms with Gasteiger partial charge < -0.3 is 28.8 Å². The van der Waals surface area contributed by atoms with Gasteiger partial charge in [-0.1, -0.05) is 0 Å². The number of methoxy groups -OCH3 is 5. The molecular weight excluding hydrogens is 258 g/mol. The van der Waals surface area contributed by atoms with Crippen molar-refractivity contribution in [1.82, 2.24) is 5.06 Å². The fourth-order valence-corrected chi connectivity index (χ4v) is 2.64. The predicted octanol–water partition coefficient (Wildman–Crippen LogP) is -0.476. The molecule has 114 valence electrons. The van der Waals surface area contributed by atoms with Crippen LogP contribution in [0.25, 0.3) is 0 Å². The highest BCUT2D eigenvalue weighted by Gasteiger charge is 2.73. The first-order chi connectivity index (χ1) is 8.97. The molecule has 0 bridgehead atoms. The van der Waals surface area contributed by atoms with Crippen molar-refractivity contribution in [3.63, 3.8) is 0 Å². The summed E-state index contributed by atoms with van der Waals surface area (Å²) in [6, 6.07) is 0. The van der Waals surface area contributed by atoms with Gasteiger partial charge in [-0.25, -0.2) is 0 Å². The summed E-state index contributed by atoms with van der Waals surface area (Å²) in [6.07, 6.45) is 0.174. The zero-order valence-corrected chi connectivity index (χ0v) is 12.3. The Balaban J connectivity index is 3.44. The van der Waals surface area contributed by atoms with Crippen molar-refractivity contribution in [1.29, 1.82) is 0 Å².